The minimum absolute atomic E-state index is 0.0464. The summed E-state index contributed by atoms with van der Waals surface area (Å²) in [5.41, 5.74) is -0.784. The zero-order valence-electron chi connectivity index (χ0n) is 7.80. The molecule has 1 atom stereocenters. The van der Waals surface area contributed by atoms with Gasteiger partial charge >= 0.3 is 0 Å². The van der Waals surface area contributed by atoms with Gasteiger partial charge in [0.25, 0.3) is 5.91 Å². The Bertz CT molecular complexity index is 178. The van der Waals surface area contributed by atoms with Gasteiger partial charge in [0.15, 0.2) is 5.60 Å². The van der Waals surface area contributed by atoms with Gasteiger partial charge in [-0.15, -0.1) is 0 Å². The number of rotatable bonds is 3. The van der Waals surface area contributed by atoms with Crippen LogP contribution in [0.2, 0.25) is 0 Å². The van der Waals surface area contributed by atoms with Crippen molar-refractivity contribution in [1.29, 1.82) is 0 Å². The standard InChI is InChI=1S/C8H16N2O3/c1-8(6-9-3-5-13-8)7(12)10-2-4-11/h9,11H,2-6H2,1H3,(H,10,12)/t8-/m1/s1. The molecule has 13 heavy (non-hydrogen) atoms. The molecule has 5 nitrogen and oxygen atoms in total. The number of ether oxygens (including phenoxy) is 1. The van der Waals surface area contributed by atoms with Crippen molar-refractivity contribution in [3.63, 3.8) is 0 Å². The van der Waals surface area contributed by atoms with Crippen LogP contribution in [-0.2, 0) is 9.53 Å². The number of morpholine rings is 1. The van der Waals surface area contributed by atoms with E-state index in [0.29, 0.717) is 13.2 Å². The summed E-state index contributed by atoms with van der Waals surface area (Å²) in [6.07, 6.45) is 0. The van der Waals surface area contributed by atoms with Gasteiger partial charge in [-0.2, -0.15) is 0 Å². The molecular formula is C8H16N2O3. The summed E-state index contributed by atoms with van der Waals surface area (Å²) in [4.78, 5) is 11.5. The van der Waals surface area contributed by atoms with Crippen molar-refractivity contribution >= 4 is 5.91 Å². The van der Waals surface area contributed by atoms with Crippen LogP contribution in [-0.4, -0.2) is 49.5 Å². The first-order chi connectivity index (χ1) is 6.19. The lowest BCUT2D eigenvalue weighted by Crippen LogP contribution is -2.57. The Labute approximate surface area is 77.5 Å². The number of hydrogen-bond acceptors (Lipinski definition) is 4. The fourth-order valence-corrected chi connectivity index (χ4v) is 1.23. The second kappa shape index (κ2) is 4.55. The Balaban J connectivity index is 2.42. The summed E-state index contributed by atoms with van der Waals surface area (Å²) in [6.45, 7) is 3.81. The summed E-state index contributed by atoms with van der Waals surface area (Å²) in [5, 5.41) is 14.2. The zero-order valence-corrected chi connectivity index (χ0v) is 7.80. The molecule has 0 radical (unpaired) electrons. The molecule has 1 saturated heterocycles. The van der Waals surface area contributed by atoms with E-state index < -0.39 is 5.60 Å². The zero-order chi connectivity index (χ0) is 9.73. The van der Waals surface area contributed by atoms with Crippen LogP contribution in [0.25, 0.3) is 0 Å². The van der Waals surface area contributed by atoms with Crippen molar-refractivity contribution in [3.05, 3.63) is 0 Å². The van der Waals surface area contributed by atoms with E-state index >= 15 is 0 Å². The number of nitrogens with one attached hydrogen (secondary N) is 2. The van der Waals surface area contributed by atoms with Gasteiger partial charge in [-0.1, -0.05) is 0 Å². The molecule has 1 aliphatic rings. The van der Waals surface area contributed by atoms with Crippen molar-refractivity contribution < 1.29 is 14.6 Å². The largest absolute Gasteiger partial charge is 0.395 e. The van der Waals surface area contributed by atoms with Crippen molar-refractivity contribution in [1.82, 2.24) is 10.6 Å². The molecule has 3 N–H and O–H groups in total. The highest BCUT2D eigenvalue weighted by Crippen LogP contribution is 2.11. The van der Waals surface area contributed by atoms with Crippen LogP contribution in [0.15, 0.2) is 0 Å². The van der Waals surface area contributed by atoms with Crippen LogP contribution in [0.1, 0.15) is 6.92 Å². The number of carbonyl (C=O) groups is 1. The summed E-state index contributed by atoms with van der Waals surface area (Å²) in [7, 11) is 0. The summed E-state index contributed by atoms with van der Waals surface area (Å²) in [5.74, 6) is -0.172. The maximum atomic E-state index is 11.5. The van der Waals surface area contributed by atoms with E-state index in [0.717, 1.165) is 6.54 Å². The topological polar surface area (TPSA) is 70.6 Å². The SMILES string of the molecule is C[C@]1(C(=O)NCCO)CNCCO1. The lowest BCUT2D eigenvalue weighted by atomic mass is 10.0. The summed E-state index contributed by atoms with van der Waals surface area (Å²) >= 11 is 0. The molecular weight excluding hydrogens is 172 g/mol. The minimum Gasteiger partial charge on any atom is -0.395 e. The van der Waals surface area contributed by atoms with Gasteiger partial charge in [0, 0.05) is 19.6 Å². The first-order valence-electron chi connectivity index (χ1n) is 4.43. The molecule has 1 rings (SSSR count). The predicted molar refractivity (Wildman–Crippen MR) is 47.3 cm³/mol. The Morgan fingerprint density at radius 1 is 1.77 bits per heavy atom. The van der Waals surface area contributed by atoms with Crippen LogP contribution in [0.3, 0.4) is 0 Å². The lowest BCUT2D eigenvalue weighted by Gasteiger charge is -2.32. The molecule has 0 aromatic carbocycles. The van der Waals surface area contributed by atoms with E-state index in [4.69, 9.17) is 9.84 Å². The second-order valence-electron chi connectivity index (χ2n) is 3.24. The van der Waals surface area contributed by atoms with Crippen LogP contribution in [0.5, 0.6) is 0 Å². The fraction of sp³-hybridized carbons (Fsp3) is 0.875. The number of hydrogen-bond donors (Lipinski definition) is 3. The second-order valence-corrected chi connectivity index (χ2v) is 3.24. The Hall–Kier alpha value is -0.650. The van der Waals surface area contributed by atoms with Gasteiger partial charge in [-0.05, 0) is 6.92 Å². The molecule has 0 aliphatic carbocycles. The Kier molecular flexibility index (Phi) is 3.65. The molecule has 0 aromatic rings. The maximum Gasteiger partial charge on any atom is 0.253 e. The molecule has 1 heterocycles. The number of amides is 1. The highest BCUT2D eigenvalue weighted by Gasteiger charge is 2.35. The van der Waals surface area contributed by atoms with Gasteiger partial charge in [-0.25, -0.2) is 0 Å². The summed E-state index contributed by atoms with van der Waals surface area (Å²) < 4.78 is 5.37. The third-order valence-electron chi connectivity index (χ3n) is 2.04. The van der Waals surface area contributed by atoms with E-state index in [-0.39, 0.29) is 19.1 Å². The Morgan fingerprint density at radius 3 is 3.08 bits per heavy atom. The molecule has 5 heteroatoms. The molecule has 1 amide bonds. The van der Waals surface area contributed by atoms with Crippen molar-refractivity contribution in [2.45, 2.75) is 12.5 Å². The molecule has 0 saturated carbocycles. The van der Waals surface area contributed by atoms with Crippen LogP contribution < -0.4 is 10.6 Å². The molecule has 1 aliphatic heterocycles. The predicted octanol–water partition coefficient (Wildman–Crippen LogP) is -1.53. The van der Waals surface area contributed by atoms with E-state index in [2.05, 4.69) is 10.6 Å². The van der Waals surface area contributed by atoms with Gasteiger partial charge in [-0.3, -0.25) is 4.79 Å². The quantitative estimate of drug-likeness (QED) is 0.503. The number of carbonyl (C=O) groups excluding carboxylic acids is 1. The smallest absolute Gasteiger partial charge is 0.253 e. The van der Waals surface area contributed by atoms with Gasteiger partial charge in [0.2, 0.25) is 0 Å². The lowest BCUT2D eigenvalue weighted by molar-refractivity contribution is -0.147. The average Bonchev–Trinajstić information content (AvgIpc) is 2.15. The third-order valence-corrected chi connectivity index (χ3v) is 2.04. The van der Waals surface area contributed by atoms with Crippen LogP contribution >= 0.6 is 0 Å². The normalized spacial score (nSPS) is 28.5. The molecule has 76 valence electrons. The van der Waals surface area contributed by atoms with E-state index in [9.17, 15) is 4.79 Å². The first kappa shape index (κ1) is 10.4. The third kappa shape index (κ3) is 2.65. The van der Waals surface area contributed by atoms with Gasteiger partial charge in [0.1, 0.15) is 0 Å². The van der Waals surface area contributed by atoms with Crippen molar-refractivity contribution in [2.24, 2.45) is 0 Å². The van der Waals surface area contributed by atoms with Crippen LogP contribution in [0, 0.1) is 0 Å². The minimum atomic E-state index is -0.784. The molecule has 0 unspecified atom stereocenters. The van der Waals surface area contributed by atoms with Gasteiger partial charge in [0.05, 0.1) is 13.2 Å². The number of aliphatic hydroxyl groups is 1. The molecule has 1 fully saturated rings. The fourth-order valence-electron chi connectivity index (χ4n) is 1.23. The molecule has 0 spiro atoms. The van der Waals surface area contributed by atoms with E-state index in [1.807, 2.05) is 0 Å². The number of aliphatic hydroxyl groups excluding tert-OH is 1. The van der Waals surface area contributed by atoms with Crippen LogP contribution in [0.4, 0.5) is 0 Å². The van der Waals surface area contributed by atoms with Gasteiger partial charge < -0.3 is 20.5 Å². The average molecular weight is 188 g/mol. The van der Waals surface area contributed by atoms with Crippen molar-refractivity contribution in [2.75, 3.05) is 32.8 Å². The maximum absolute atomic E-state index is 11.5. The highest BCUT2D eigenvalue weighted by molar-refractivity contribution is 5.85. The summed E-state index contributed by atoms with van der Waals surface area (Å²) in [6, 6.07) is 0. The monoisotopic (exact) mass is 188 g/mol. The first-order valence-corrected chi connectivity index (χ1v) is 4.43. The van der Waals surface area contributed by atoms with Crippen molar-refractivity contribution in [3.8, 4) is 0 Å². The molecule has 0 bridgehead atoms. The van der Waals surface area contributed by atoms with E-state index in [1.165, 1.54) is 0 Å². The van der Waals surface area contributed by atoms with E-state index in [1.54, 1.807) is 6.92 Å². The Morgan fingerprint density at radius 2 is 2.54 bits per heavy atom. The molecule has 0 aromatic heterocycles. The highest BCUT2D eigenvalue weighted by atomic mass is 16.5.